The highest BCUT2D eigenvalue weighted by molar-refractivity contribution is 5.97. The Balaban J connectivity index is 2.11. The molecule has 1 fully saturated rings. The maximum atomic E-state index is 11.2. The summed E-state index contributed by atoms with van der Waals surface area (Å²) in [5.74, 6) is 0. The molecule has 0 amide bonds. The van der Waals surface area contributed by atoms with E-state index in [4.69, 9.17) is 0 Å². The number of rotatable bonds is 3. The van der Waals surface area contributed by atoms with Gasteiger partial charge in [0.1, 0.15) is 0 Å². The lowest BCUT2D eigenvalue weighted by Gasteiger charge is -2.23. The van der Waals surface area contributed by atoms with Crippen LogP contribution in [0.25, 0.3) is 10.9 Å². The molecule has 1 aromatic carbocycles. The zero-order chi connectivity index (χ0) is 15.9. The monoisotopic (exact) mass is 300 g/mol. The van der Waals surface area contributed by atoms with Crippen LogP contribution in [0.2, 0.25) is 0 Å². The van der Waals surface area contributed by atoms with Gasteiger partial charge in [-0.2, -0.15) is 0 Å². The molecule has 0 aliphatic carbocycles. The van der Waals surface area contributed by atoms with Crippen LogP contribution in [-0.2, 0) is 0 Å². The Bertz CT molecular complexity index is 729. The first-order valence-corrected chi connectivity index (χ1v) is 7.43. The Morgan fingerprint density at radius 2 is 2.18 bits per heavy atom. The summed E-state index contributed by atoms with van der Waals surface area (Å²) in [5, 5.41) is 12.1. The van der Waals surface area contributed by atoms with Gasteiger partial charge in [0.2, 0.25) is 0 Å². The van der Waals surface area contributed by atoms with Crippen LogP contribution in [0.5, 0.6) is 0 Å². The number of nitro benzene ring substituents is 1. The molecule has 1 aromatic heterocycles. The van der Waals surface area contributed by atoms with Gasteiger partial charge in [0.15, 0.2) is 5.52 Å². The summed E-state index contributed by atoms with van der Waals surface area (Å²) in [5.41, 5.74) is 2.42. The predicted molar refractivity (Wildman–Crippen MR) is 87.4 cm³/mol. The van der Waals surface area contributed by atoms with Gasteiger partial charge in [0, 0.05) is 42.0 Å². The van der Waals surface area contributed by atoms with Crippen LogP contribution in [0, 0.1) is 17.0 Å². The minimum Gasteiger partial charge on any atom is -0.369 e. The molecule has 1 unspecified atom stereocenters. The van der Waals surface area contributed by atoms with Crippen molar-refractivity contribution in [3.8, 4) is 0 Å². The Kier molecular flexibility index (Phi) is 3.70. The number of fused-ring (bicyclic) bond motifs is 1. The molecule has 116 valence electrons. The van der Waals surface area contributed by atoms with E-state index >= 15 is 0 Å². The minimum absolute atomic E-state index is 0.0748. The third-order valence-electron chi connectivity index (χ3n) is 4.36. The first-order chi connectivity index (χ1) is 10.5. The second-order valence-corrected chi connectivity index (χ2v) is 6.07. The predicted octanol–water partition coefficient (Wildman–Crippen LogP) is 2.59. The summed E-state index contributed by atoms with van der Waals surface area (Å²) in [6.45, 7) is 3.79. The fraction of sp³-hybridized carbons (Fsp3) is 0.438. The highest BCUT2D eigenvalue weighted by Crippen LogP contribution is 2.34. The number of aromatic nitrogens is 1. The van der Waals surface area contributed by atoms with Gasteiger partial charge in [-0.15, -0.1) is 0 Å². The van der Waals surface area contributed by atoms with Crippen LogP contribution in [0.4, 0.5) is 11.4 Å². The molecule has 1 aliphatic heterocycles. The van der Waals surface area contributed by atoms with E-state index in [9.17, 15) is 10.1 Å². The van der Waals surface area contributed by atoms with Gasteiger partial charge in [-0.25, -0.2) is 4.98 Å². The van der Waals surface area contributed by atoms with Crippen LogP contribution in [0.15, 0.2) is 24.3 Å². The molecular weight excluding hydrogens is 280 g/mol. The molecule has 3 rings (SSSR count). The summed E-state index contributed by atoms with van der Waals surface area (Å²) in [6.07, 6.45) is 1.10. The molecule has 2 heterocycles. The van der Waals surface area contributed by atoms with Gasteiger partial charge in [-0.3, -0.25) is 10.1 Å². The SMILES string of the molecule is Cc1cc(N2CCC(N(C)C)C2)c2cccc([N+](=O)[O-])c2n1. The summed E-state index contributed by atoms with van der Waals surface area (Å²) < 4.78 is 0. The normalized spacial score (nSPS) is 18.4. The molecule has 0 saturated carbocycles. The smallest absolute Gasteiger partial charge is 0.295 e. The van der Waals surface area contributed by atoms with E-state index in [0.717, 1.165) is 36.3 Å². The molecule has 22 heavy (non-hydrogen) atoms. The molecule has 1 atom stereocenters. The van der Waals surface area contributed by atoms with Gasteiger partial charge in [-0.05, 0) is 33.5 Å². The van der Waals surface area contributed by atoms with E-state index in [-0.39, 0.29) is 10.6 Å². The maximum Gasteiger partial charge on any atom is 0.295 e. The molecule has 0 bridgehead atoms. The zero-order valence-corrected chi connectivity index (χ0v) is 13.1. The van der Waals surface area contributed by atoms with Gasteiger partial charge in [0.25, 0.3) is 5.69 Å². The first kappa shape index (κ1) is 14.7. The number of nitrogens with zero attached hydrogens (tertiary/aromatic N) is 4. The Morgan fingerprint density at radius 1 is 1.41 bits per heavy atom. The maximum absolute atomic E-state index is 11.2. The molecule has 6 nitrogen and oxygen atoms in total. The Labute approximate surface area is 129 Å². The van der Waals surface area contributed by atoms with Crippen molar-refractivity contribution in [3.05, 3.63) is 40.1 Å². The largest absolute Gasteiger partial charge is 0.369 e. The second kappa shape index (κ2) is 5.53. The zero-order valence-electron chi connectivity index (χ0n) is 13.1. The number of hydrogen-bond donors (Lipinski definition) is 0. The molecule has 2 aromatic rings. The number of likely N-dealkylation sites (N-methyl/N-ethyl adjacent to an activating group) is 1. The summed E-state index contributed by atoms with van der Waals surface area (Å²) in [6, 6.07) is 7.73. The Morgan fingerprint density at radius 3 is 2.82 bits per heavy atom. The average molecular weight is 300 g/mol. The lowest BCUT2D eigenvalue weighted by Crippen LogP contribution is -2.31. The lowest BCUT2D eigenvalue weighted by atomic mass is 10.1. The topological polar surface area (TPSA) is 62.5 Å². The van der Waals surface area contributed by atoms with Crippen molar-refractivity contribution >= 4 is 22.3 Å². The number of non-ortho nitro benzene ring substituents is 1. The Hall–Kier alpha value is -2.21. The van der Waals surface area contributed by atoms with Gasteiger partial charge in [0.05, 0.1) is 4.92 Å². The summed E-state index contributed by atoms with van der Waals surface area (Å²) in [7, 11) is 4.18. The van der Waals surface area contributed by atoms with E-state index in [1.54, 1.807) is 6.07 Å². The standard InChI is InChI=1S/C16H20N4O2/c1-11-9-15(19-8-7-12(10-19)18(2)3)13-5-4-6-14(20(21)22)16(13)17-11/h4-6,9,12H,7-8,10H2,1-3H3. The number of benzene rings is 1. The number of aryl methyl sites for hydroxylation is 1. The van der Waals surface area contributed by atoms with Gasteiger partial charge < -0.3 is 9.80 Å². The highest BCUT2D eigenvalue weighted by atomic mass is 16.6. The van der Waals surface area contributed by atoms with Gasteiger partial charge in [-0.1, -0.05) is 12.1 Å². The van der Waals surface area contributed by atoms with Crippen LogP contribution in [0.3, 0.4) is 0 Å². The number of hydrogen-bond acceptors (Lipinski definition) is 5. The van der Waals surface area contributed by atoms with Crippen molar-refractivity contribution < 1.29 is 4.92 Å². The molecule has 0 radical (unpaired) electrons. The minimum atomic E-state index is -0.356. The van der Waals surface area contributed by atoms with E-state index < -0.39 is 0 Å². The van der Waals surface area contributed by atoms with Crippen LogP contribution >= 0.6 is 0 Å². The van der Waals surface area contributed by atoms with Crippen LogP contribution < -0.4 is 4.90 Å². The number of nitro groups is 1. The molecule has 1 saturated heterocycles. The molecular formula is C16H20N4O2. The number of anilines is 1. The van der Waals surface area contributed by atoms with Crippen molar-refractivity contribution in [1.82, 2.24) is 9.88 Å². The second-order valence-electron chi connectivity index (χ2n) is 6.07. The van der Waals surface area contributed by atoms with Gasteiger partial charge >= 0.3 is 0 Å². The van der Waals surface area contributed by atoms with Crippen molar-refractivity contribution in [2.75, 3.05) is 32.1 Å². The van der Waals surface area contributed by atoms with Crippen LogP contribution in [0.1, 0.15) is 12.1 Å². The molecule has 0 N–H and O–H groups in total. The fourth-order valence-corrected chi connectivity index (χ4v) is 3.13. The number of pyridine rings is 1. The first-order valence-electron chi connectivity index (χ1n) is 7.43. The molecule has 6 heteroatoms. The van der Waals surface area contributed by atoms with E-state index in [1.165, 1.54) is 6.07 Å². The summed E-state index contributed by atoms with van der Waals surface area (Å²) in [4.78, 5) is 19.8. The van der Waals surface area contributed by atoms with Crippen molar-refractivity contribution in [2.45, 2.75) is 19.4 Å². The third-order valence-corrected chi connectivity index (χ3v) is 4.36. The molecule has 1 aliphatic rings. The molecule has 0 spiro atoms. The van der Waals surface area contributed by atoms with E-state index in [0.29, 0.717) is 11.6 Å². The van der Waals surface area contributed by atoms with Crippen molar-refractivity contribution in [3.63, 3.8) is 0 Å². The fourth-order valence-electron chi connectivity index (χ4n) is 3.13. The third kappa shape index (κ3) is 2.50. The summed E-state index contributed by atoms with van der Waals surface area (Å²) >= 11 is 0. The quantitative estimate of drug-likeness (QED) is 0.644. The van der Waals surface area contributed by atoms with Crippen LogP contribution in [-0.4, -0.2) is 48.0 Å². The average Bonchev–Trinajstić information content (AvgIpc) is 2.95. The van der Waals surface area contributed by atoms with Crippen molar-refractivity contribution in [1.29, 1.82) is 0 Å². The van der Waals surface area contributed by atoms with Crippen molar-refractivity contribution in [2.24, 2.45) is 0 Å². The lowest BCUT2D eigenvalue weighted by molar-refractivity contribution is -0.383. The highest BCUT2D eigenvalue weighted by Gasteiger charge is 2.26. The number of para-hydroxylation sites is 1. The van der Waals surface area contributed by atoms with E-state index in [1.807, 2.05) is 19.1 Å². The van der Waals surface area contributed by atoms with E-state index in [2.05, 4.69) is 28.9 Å².